The molecule has 2 aromatic carbocycles. The zero-order valence-electron chi connectivity index (χ0n) is 10.4. The number of rotatable bonds is 2. The van der Waals surface area contributed by atoms with Crippen molar-refractivity contribution in [2.75, 3.05) is 5.73 Å². The molecule has 0 amide bonds. The summed E-state index contributed by atoms with van der Waals surface area (Å²) in [5.41, 5.74) is 9.25. The lowest BCUT2D eigenvalue weighted by Gasteiger charge is -2.01. The lowest BCUT2D eigenvalue weighted by molar-refractivity contribution is 0.810. The Morgan fingerprint density at radius 2 is 1.67 bits per heavy atom. The van der Waals surface area contributed by atoms with Crippen LogP contribution in [0.25, 0.3) is 10.8 Å². The average molecular weight is 236 g/mol. The summed E-state index contributed by atoms with van der Waals surface area (Å²) in [5, 5.41) is 2.45. The fourth-order valence-corrected chi connectivity index (χ4v) is 2.27. The van der Waals surface area contributed by atoms with Crippen molar-refractivity contribution in [3.05, 3.63) is 66.0 Å². The Hall–Kier alpha value is -2.22. The predicted octanol–water partition coefficient (Wildman–Crippen LogP) is 3.58. The predicted molar refractivity (Wildman–Crippen MR) is 76.6 cm³/mol. The molecule has 0 unspecified atom stereocenters. The highest BCUT2D eigenvalue weighted by atomic mass is 14.9. The van der Waals surface area contributed by atoms with Crippen molar-refractivity contribution in [3.63, 3.8) is 0 Å². The maximum absolute atomic E-state index is 5.94. The van der Waals surface area contributed by atoms with Crippen LogP contribution in [0.1, 0.15) is 11.1 Å². The highest BCUT2D eigenvalue weighted by molar-refractivity contribution is 5.86. The second-order valence-electron chi connectivity index (χ2n) is 4.75. The van der Waals surface area contributed by atoms with Gasteiger partial charge in [-0.05, 0) is 35.6 Å². The molecule has 3 aromatic rings. The van der Waals surface area contributed by atoms with Crippen LogP contribution in [0.5, 0.6) is 0 Å². The van der Waals surface area contributed by atoms with E-state index >= 15 is 0 Å². The lowest BCUT2D eigenvalue weighted by Crippen LogP contribution is -1.94. The molecule has 0 aliphatic carbocycles. The van der Waals surface area contributed by atoms with Gasteiger partial charge in [-0.3, -0.25) is 0 Å². The molecule has 0 saturated heterocycles. The Bertz CT molecular complexity index is 642. The van der Waals surface area contributed by atoms with E-state index in [1.165, 1.54) is 16.3 Å². The van der Waals surface area contributed by atoms with Gasteiger partial charge in [0.15, 0.2) is 0 Å². The minimum absolute atomic E-state index is 0.861. The van der Waals surface area contributed by atoms with E-state index in [1.54, 1.807) is 0 Å². The second-order valence-corrected chi connectivity index (χ2v) is 4.75. The molecule has 0 spiro atoms. The SMILES string of the molecule is Cc1cc2cn(Cc3ccccc3)cc2cc1N. The summed E-state index contributed by atoms with van der Waals surface area (Å²) < 4.78 is 2.21. The van der Waals surface area contributed by atoms with Crippen LogP contribution < -0.4 is 5.73 Å². The number of hydrogen-bond donors (Lipinski definition) is 1. The minimum atomic E-state index is 0.861. The Labute approximate surface area is 107 Å². The maximum Gasteiger partial charge on any atom is 0.0470 e. The van der Waals surface area contributed by atoms with Crippen LogP contribution in [0.15, 0.2) is 54.9 Å². The van der Waals surface area contributed by atoms with Gasteiger partial charge in [-0.25, -0.2) is 0 Å². The van der Waals surface area contributed by atoms with Gasteiger partial charge in [-0.2, -0.15) is 0 Å². The molecule has 18 heavy (non-hydrogen) atoms. The van der Waals surface area contributed by atoms with Crippen LogP contribution in [0, 0.1) is 6.92 Å². The zero-order chi connectivity index (χ0) is 12.5. The van der Waals surface area contributed by atoms with E-state index in [9.17, 15) is 0 Å². The van der Waals surface area contributed by atoms with Crippen LogP contribution in [-0.2, 0) is 6.54 Å². The molecule has 3 rings (SSSR count). The Morgan fingerprint density at radius 1 is 1.00 bits per heavy atom. The number of fused-ring (bicyclic) bond motifs is 1. The molecule has 0 atom stereocenters. The van der Waals surface area contributed by atoms with Gasteiger partial charge in [0.25, 0.3) is 0 Å². The Morgan fingerprint density at radius 3 is 2.39 bits per heavy atom. The fraction of sp³-hybridized carbons (Fsp3) is 0.125. The third kappa shape index (κ3) is 1.97. The molecule has 2 nitrogen and oxygen atoms in total. The van der Waals surface area contributed by atoms with Crippen molar-refractivity contribution in [2.24, 2.45) is 0 Å². The topological polar surface area (TPSA) is 30.9 Å². The van der Waals surface area contributed by atoms with E-state index in [4.69, 9.17) is 5.73 Å². The van der Waals surface area contributed by atoms with Crippen LogP contribution in [0.2, 0.25) is 0 Å². The van der Waals surface area contributed by atoms with Gasteiger partial charge in [-0.15, -0.1) is 0 Å². The third-order valence-corrected chi connectivity index (χ3v) is 3.29. The van der Waals surface area contributed by atoms with Crippen LogP contribution in [0.4, 0.5) is 5.69 Å². The molecule has 2 N–H and O–H groups in total. The minimum Gasteiger partial charge on any atom is -0.398 e. The van der Waals surface area contributed by atoms with Crippen molar-refractivity contribution < 1.29 is 0 Å². The molecular weight excluding hydrogens is 220 g/mol. The molecule has 0 saturated carbocycles. The van der Waals surface area contributed by atoms with E-state index in [0.29, 0.717) is 0 Å². The number of nitrogen functional groups attached to an aromatic ring is 1. The van der Waals surface area contributed by atoms with Crippen molar-refractivity contribution in [1.82, 2.24) is 4.57 Å². The van der Waals surface area contributed by atoms with Crippen molar-refractivity contribution in [2.45, 2.75) is 13.5 Å². The zero-order valence-corrected chi connectivity index (χ0v) is 10.4. The molecule has 0 aliphatic rings. The average Bonchev–Trinajstić information content (AvgIpc) is 2.72. The van der Waals surface area contributed by atoms with E-state index in [2.05, 4.69) is 47.3 Å². The summed E-state index contributed by atoms with van der Waals surface area (Å²) >= 11 is 0. The fourth-order valence-electron chi connectivity index (χ4n) is 2.27. The summed E-state index contributed by atoms with van der Waals surface area (Å²) in [6.45, 7) is 2.94. The summed E-state index contributed by atoms with van der Waals surface area (Å²) in [6.07, 6.45) is 4.33. The summed E-state index contributed by atoms with van der Waals surface area (Å²) in [4.78, 5) is 0. The number of anilines is 1. The smallest absolute Gasteiger partial charge is 0.0470 e. The summed E-state index contributed by atoms with van der Waals surface area (Å²) in [5.74, 6) is 0. The van der Waals surface area contributed by atoms with Gasteiger partial charge < -0.3 is 10.3 Å². The van der Waals surface area contributed by atoms with E-state index in [-0.39, 0.29) is 0 Å². The number of benzene rings is 2. The van der Waals surface area contributed by atoms with Crippen molar-refractivity contribution >= 4 is 16.5 Å². The maximum atomic E-state index is 5.94. The number of nitrogens with zero attached hydrogens (tertiary/aromatic N) is 1. The second kappa shape index (κ2) is 4.22. The molecule has 0 aliphatic heterocycles. The molecular formula is C16H16N2. The highest BCUT2D eigenvalue weighted by Gasteiger charge is 2.02. The van der Waals surface area contributed by atoms with E-state index in [0.717, 1.165) is 17.8 Å². The largest absolute Gasteiger partial charge is 0.398 e. The van der Waals surface area contributed by atoms with Crippen molar-refractivity contribution in [1.29, 1.82) is 0 Å². The number of nitrogens with two attached hydrogens (primary N) is 1. The first-order valence-electron chi connectivity index (χ1n) is 6.12. The van der Waals surface area contributed by atoms with Crippen LogP contribution in [-0.4, -0.2) is 4.57 Å². The molecule has 1 aromatic heterocycles. The van der Waals surface area contributed by atoms with Gasteiger partial charge in [0.05, 0.1) is 0 Å². The highest BCUT2D eigenvalue weighted by Crippen LogP contribution is 2.22. The van der Waals surface area contributed by atoms with Crippen LogP contribution in [0.3, 0.4) is 0 Å². The molecule has 0 fully saturated rings. The first kappa shape index (κ1) is 10.9. The van der Waals surface area contributed by atoms with Crippen molar-refractivity contribution in [3.8, 4) is 0 Å². The molecule has 0 bridgehead atoms. The first-order valence-corrected chi connectivity index (χ1v) is 6.12. The summed E-state index contributed by atoms with van der Waals surface area (Å²) in [6, 6.07) is 14.7. The first-order chi connectivity index (χ1) is 8.72. The van der Waals surface area contributed by atoms with Gasteiger partial charge in [0, 0.05) is 30.0 Å². The number of aryl methyl sites for hydroxylation is 1. The van der Waals surface area contributed by atoms with Crippen LogP contribution >= 0.6 is 0 Å². The van der Waals surface area contributed by atoms with Gasteiger partial charge in [0.2, 0.25) is 0 Å². The number of aromatic nitrogens is 1. The van der Waals surface area contributed by atoms with E-state index < -0.39 is 0 Å². The molecule has 1 heterocycles. The number of hydrogen-bond acceptors (Lipinski definition) is 1. The van der Waals surface area contributed by atoms with Gasteiger partial charge >= 0.3 is 0 Å². The normalized spacial score (nSPS) is 10.9. The van der Waals surface area contributed by atoms with E-state index in [1.807, 2.05) is 19.1 Å². The van der Waals surface area contributed by atoms with Gasteiger partial charge in [-0.1, -0.05) is 30.3 Å². The third-order valence-electron chi connectivity index (χ3n) is 3.29. The molecule has 0 radical (unpaired) electrons. The van der Waals surface area contributed by atoms with Gasteiger partial charge in [0.1, 0.15) is 0 Å². The monoisotopic (exact) mass is 236 g/mol. The summed E-state index contributed by atoms with van der Waals surface area (Å²) in [7, 11) is 0. The lowest BCUT2D eigenvalue weighted by atomic mass is 10.1. The quantitative estimate of drug-likeness (QED) is 0.677. The Kier molecular flexibility index (Phi) is 2.56. The Balaban J connectivity index is 1.99. The molecule has 90 valence electrons. The molecule has 2 heteroatoms. The standard InChI is InChI=1S/C16H16N2/c1-12-7-14-10-18(11-15(14)8-16(12)17)9-13-5-3-2-4-6-13/h2-8,10-11H,9,17H2,1H3.